The molecule has 0 aliphatic rings. The summed E-state index contributed by atoms with van der Waals surface area (Å²) in [6.45, 7) is 8.96. The third kappa shape index (κ3) is 1.91. The number of rotatable bonds is 1. The van der Waals surface area contributed by atoms with E-state index < -0.39 is 0 Å². The van der Waals surface area contributed by atoms with Gasteiger partial charge in [-0.25, -0.2) is 4.98 Å². The van der Waals surface area contributed by atoms with Crippen LogP contribution in [0.3, 0.4) is 0 Å². The molecule has 1 nitrogen and oxygen atoms in total. The van der Waals surface area contributed by atoms with Crippen LogP contribution in [0.25, 0.3) is 10.2 Å². The number of nitrogens with zero attached hydrogens (tertiary/aromatic N) is 1. The van der Waals surface area contributed by atoms with Crippen LogP contribution in [0.15, 0.2) is 18.3 Å². The van der Waals surface area contributed by atoms with Gasteiger partial charge in [0, 0.05) is 16.5 Å². The van der Waals surface area contributed by atoms with Crippen molar-refractivity contribution in [1.29, 1.82) is 0 Å². The van der Waals surface area contributed by atoms with Crippen LogP contribution in [-0.4, -0.2) is 4.98 Å². The minimum atomic E-state index is 0.202. The quantitative estimate of drug-likeness (QED) is 0.702. The lowest BCUT2D eigenvalue weighted by Gasteiger charge is -2.19. The highest BCUT2D eigenvalue weighted by molar-refractivity contribution is 7.18. The highest BCUT2D eigenvalue weighted by atomic mass is 32.1. The molecular formula is C13H17NS. The highest BCUT2D eigenvalue weighted by Gasteiger charge is 2.18. The van der Waals surface area contributed by atoms with Gasteiger partial charge >= 0.3 is 0 Å². The van der Waals surface area contributed by atoms with E-state index in [1.807, 2.05) is 17.5 Å². The van der Waals surface area contributed by atoms with E-state index in [1.54, 1.807) is 0 Å². The Bertz CT molecular complexity index is 477. The minimum Gasteiger partial charge on any atom is -0.245 e. The number of pyridine rings is 1. The van der Waals surface area contributed by atoms with Crippen molar-refractivity contribution in [3.05, 3.63) is 28.8 Å². The Labute approximate surface area is 95.2 Å². The summed E-state index contributed by atoms with van der Waals surface area (Å²) in [5.74, 6) is 0. The summed E-state index contributed by atoms with van der Waals surface area (Å²) in [5.41, 5.74) is 1.61. The van der Waals surface area contributed by atoms with Gasteiger partial charge in [-0.1, -0.05) is 27.7 Å². The molecule has 2 rings (SSSR count). The van der Waals surface area contributed by atoms with Gasteiger partial charge in [0.15, 0.2) is 0 Å². The third-order valence-electron chi connectivity index (χ3n) is 2.64. The summed E-state index contributed by atoms with van der Waals surface area (Å²) >= 11 is 1.82. The number of hydrogen-bond acceptors (Lipinski definition) is 2. The molecule has 0 aliphatic heterocycles. The van der Waals surface area contributed by atoms with Crippen LogP contribution in [0.2, 0.25) is 0 Å². The van der Waals surface area contributed by atoms with E-state index in [4.69, 9.17) is 0 Å². The Kier molecular flexibility index (Phi) is 2.55. The van der Waals surface area contributed by atoms with Gasteiger partial charge in [-0.05, 0) is 29.5 Å². The van der Waals surface area contributed by atoms with Crippen molar-refractivity contribution in [2.75, 3.05) is 0 Å². The van der Waals surface area contributed by atoms with Crippen molar-refractivity contribution < 1.29 is 0 Å². The van der Waals surface area contributed by atoms with Crippen molar-refractivity contribution in [2.45, 2.75) is 39.5 Å². The Morgan fingerprint density at radius 2 is 2.07 bits per heavy atom. The van der Waals surface area contributed by atoms with Gasteiger partial charge < -0.3 is 0 Å². The Hall–Kier alpha value is -0.890. The molecule has 15 heavy (non-hydrogen) atoms. The largest absolute Gasteiger partial charge is 0.245 e. The zero-order valence-electron chi connectivity index (χ0n) is 9.79. The molecule has 0 aromatic carbocycles. The average Bonchev–Trinajstić information content (AvgIpc) is 2.57. The van der Waals surface area contributed by atoms with Gasteiger partial charge in [0.25, 0.3) is 0 Å². The smallest absolute Gasteiger partial charge is 0.123 e. The number of hydrogen-bond donors (Lipinski definition) is 0. The predicted octanol–water partition coefficient (Wildman–Crippen LogP) is 4.16. The van der Waals surface area contributed by atoms with Gasteiger partial charge in [0.2, 0.25) is 0 Å². The van der Waals surface area contributed by atoms with Crippen LogP contribution in [0.5, 0.6) is 0 Å². The second-order valence-electron chi connectivity index (χ2n) is 4.89. The van der Waals surface area contributed by atoms with E-state index >= 15 is 0 Å². The van der Waals surface area contributed by atoms with E-state index in [0.29, 0.717) is 0 Å². The first-order valence-corrected chi connectivity index (χ1v) is 6.22. The van der Waals surface area contributed by atoms with Crippen molar-refractivity contribution in [3.8, 4) is 0 Å². The summed E-state index contributed by atoms with van der Waals surface area (Å²) in [4.78, 5) is 7.05. The van der Waals surface area contributed by atoms with Crippen LogP contribution >= 0.6 is 11.3 Å². The molecular weight excluding hydrogens is 202 g/mol. The van der Waals surface area contributed by atoms with E-state index in [9.17, 15) is 0 Å². The van der Waals surface area contributed by atoms with Crippen molar-refractivity contribution in [2.24, 2.45) is 0 Å². The third-order valence-corrected chi connectivity index (χ3v) is 3.83. The van der Waals surface area contributed by atoms with Crippen LogP contribution in [0.1, 0.15) is 38.1 Å². The average molecular weight is 219 g/mol. The van der Waals surface area contributed by atoms with Gasteiger partial charge in [0.1, 0.15) is 4.83 Å². The predicted molar refractivity (Wildman–Crippen MR) is 67.7 cm³/mol. The maximum Gasteiger partial charge on any atom is 0.123 e. The second kappa shape index (κ2) is 3.60. The van der Waals surface area contributed by atoms with E-state index in [1.165, 1.54) is 20.7 Å². The first-order valence-electron chi connectivity index (χ1n) is 5.40. The Morgan fingerprint density at radius 3 is 2.67 bits per heavy atom. The molecule has 0 aliphatic carbocycles. The first-order chi connectivity index (χ1) is 7.02. The molecule has 0 bridgehead atoms. The molecule has 0 amide bonds. The minimum absolute atomic E-state index is 0.202. The van der Waals surface area contributed by atoms with E-state index in [2.05, 4.69) is 44.8 Å². The van der Waals surface area contributed by atoms with Crippen molar-refractivity contribution in [3.63, 3.8) is 0 Å². The normalized spacial score (nSPS) is 12.3. The van der Waals surface area contributed by atoms with Crippen molar-refractivity contribution >= 4 is 21.6 Å². The monoisotopic (exact) mass is 219 g/mol. The molecule has 0 N–H and O–H groups in total. The zero-order chi connectivity index (χ0) is 11.1. The van der Waals surface area contributed by atoms with Crippen LogP contribution < -0.4 is 0 Å². The second-order valence-corrected chi connectivity index (χ2v) is 6.01. The lowest BCUT2D eigenvalue weighted by atomic mass is 9.86. The van der Waals surface area contributed by atoms with E-state index in [-0.39, 0.29) is 5.41 Å². The Balaban J connectivity index is 2.70. The summed E-state index contributed by atoms with van der Waals surface area (Å²) in [6, 6.07) is 4.45. The fraction of sp³-hybridized carbons (Fsp3) is 0.462. The topological polar surface area (TPSA) is 12.9 Å². The fourth-order valence-electron chi connectivity index (χ4n) is 1.82. The number of fused-ring (bicyclic) bond motifs is 1. The molecule has 0 unspecified atom stereocenters. The molecule has 80 valence electrons. The summed E-state index contributed by atoms with van der Waals surface area (Å²) in [5, 5.41) is 1.34. The number of thiophene rings is 1. The molecule has 0 radical (unpaired) electrons. The Morgan fingerprint density at radius 1 is 1.33 bits per heavy atom. The molecule has 2 heteroatoms. The standard InChI is InChI=1S/C13H17NS/c1-5-9-8-10-11(13(2,3)4)6-7-14-12(10)15-9/h6-8H,5H2,1-4H3. The SMILES string of the molecule is CCc1cc2c(C(C)(C)C)ccnc2s1. The maximum absolute atomic E-state index is 4.44. The van der Waals surface area contributed by atoms with Gasteiger partial charge in [0.05, 0.1) is 0 Å². The highest BCUT2D eigenvalue weighted by Crippen LogP contribution is 2.33. The number of aromatic nitrogens is 1. The first kappa shape index (κ1) is 10.6. The fourth-order valence-corrected chi connectivity index (χ4v) is 2.78. The van der Waals surface area contributed by atoms with Gasteiger partial charge in [-0.15, -0.1) is 11.3 Å². The van der Waals surface area contributed by atoms with Gasteiger partial charge in [-0.2, -0.15) is 0 Å². The van der Waals surface area contributed by atoms with Crippen LogP contribution in [0, 0.1) is 0 Å². The molecule has 0 atom stereocenters. The number of aryl methyl sites for hydroxylation is 1. The van der Waals surface area contributed by atoms with Gasteiger partial charge in [-0.3, -0.25) is 0 Å². The summed E-state index contributed by atoms with van der Waals surface area (Å²) < 4.78 is 0. The van der Waals surface area contributed by atoms with Crippen LogP contribution in [0.4, 0.5) is 0 Å². The zero-order valence-corrected chi connectivity index (χ0v) is 10.6. The maximum atomic E-state index is 4.44. The molecule has 0 spiro atoms. The molecule has 2 aromatic rings. The molecule has 0 saturated carbocycles. The molecule has 0 saturated heterocycles. The lowest BCUT2D eigenvalue weighted by molar-refractivity contribution is 0.595. The van der Waals surface area contributed by atoms with Crippen LogP contribution in [-0.2, 0) is 11.8 Å². The van der Waals surface area contributed by atoms with E-state index in [0.717, 1.165) is 6.42 Å². The summed E-state index contributed by atoms with van der Waals surface area (Å²) in [6.07, 6.45) is 3.03. The molecule has 0 fully saturated rings. The summed E-state index contributed by atoms with van der Waals surface area (Å²) in [7, 11) is 0. The molecule has 2 aromatic heterocycles. The van der Waals surface area contributed by atoms with Crippen molar-refractivity contribution in [1.82, 2.24) is 4.98 Å². The molecule has 2 heterocycles. The lowest BCUT2D eigenvalue weighted by Crippen LogP contribution is -2.11.